The van der Waals surface area contributed by atoms with Gasteiger partial charge in [-0.05, 0) is 52.5 Å². The Bertz CT molecular complexity index is 1740. The summed E-state index contributed by atoms with van der Waals surface area (Å²) in [6.07, 6.45) is 5.33. The number of pyridine rings is 3. The van der Waals surface area contributed by atoms with Gasteiger partial charge in [-0.15, -0.1) is 82.0 Å². The van der Waals surface area contributed by atoms with Crippen LogP contribution in [0.1, 0.15) is 5.56 Å². The molecule has 0 saturated heterocycles. The van der Waals surface area contributed by atoms with Gasteiger partial charge < -0.3 is 9.97 Å². The predicted molar refractivity (Wildman–Crippen MR) is 167 cm³/mol. The summed E-state index contributed by atoms with van der Waals surface area (Å²) in [7, 11) is 1.71. The smallest absolute Gasteiger partial charge is 0.305 e. The van der Waals surface area contributed by atoms with Crippen LogP contribution in [0.3, 0.4) is 0 Å². The minimum absolute atomic E-state index is 0. The van der Waals surface area contributed by atoms with Gasteiger partial charge in [0.25, 0.3) is 0 Å². The summed E-state index contributed by atoms with van der Waals surface area (Å²) < 4.78 is 0. The number of aryl methyl sites for hydroxylation is 1. The van der Waals surface area contributed by atoms with Gasteiger partial charge in [0, 0.05) is 24.2 Å². The summed E-state index contributed by atoms with van der Waals surface area (Å²) in [6.45, 7) is 0. The van der Waals surface area contributed by atoms with E-state index in [0.29, 0.717) is 17.1 Å². The summed E-state index contributed by atoms with van der Waals surface area (Å²) in [6, 6.07) is 46.9. The molecule has 7 aromatic rings. The minimum atomic E-state index is 0. The van der Waals surface area contributed by atoms with Crippen LogP contribution in [0, 0.1) is 23.5 Å². The molecule has 7 rings (SSSR count). The van der Waals surface area contributed by atoms with Crippen molar-refractivity contribution in [2.75, 3.05) is 0 Å². The van der Waals surface area contributed by atoms with Gasteiger partial charge in [0.05, 0.1) is 18.7 Å². The van der Waals surface area contributed by atoms with Gasteiger partial charge in [0.1, 0.15) is 5.69 Å². The Morgan fingerprint density at radius 1 is 0.644 bits per heavy atom. The van der Waals surface area contributed by atoms with Gasteiger partial charge in [0.2, 0.25) is 5.82 Å². The molecular formula is C36H26IrN8+. The molecule has 0 unspecified atom stereocenters. The van der Waals surface area contributed by atoms with Crippen molar-refractivity contribution in [3.63, 3.8) is 0 Å². The molecule has 0 radical (unpaired) electrons. The maximum atomic E-state index is 8.78. The van der Waals surface area contributed by atoms with Gasteiger partial charge in [-0.25, -0.2) is 0 Å². The summed E-state index contributed by atoms with van der Waals surface area (Å²) in [5, 5.41) is 20.6. The molecule has 0 aliphatic rings. The van der Waals surface area contributed by atoms with Crippen LogP contribution in [0.5, 0.6) is 0 Å². The van der Waals surface area contributed by atoms with Crippen molar-refractivity contribution in [2.45, 2.75) is 0 Å². The minimum Gasteiger partial charge on any atom is -0.305 e. The van der Waals surface area contributed by atoms with Crippen LogP contribution >= 0.6 is 0 Å². The molecule has 45 heavy (non-hydrogen) atoms. The molecule has 3 aromatic carbocycles. The molecule has 218 valence electrons. The Morgan fingerprint density at radius 2 is 1.22 bits per heavy atom. The van der Waals surface area contributed by atoms with Gasteiger partial charge in [-0.2, -0.15) is 10.1 Å². The fourth-order valence-corrected chi connectivity index (χ4v) is 3.97. The van der Waals surface area contributed by atoms with Crippen LogP contribution in [0.4, 0.5) is 0 Å². The molecule has 0 saturated carbocycles. The van der Waals surface area contributed by atoms with E-state index in [0.717, 1.165) is 33.6 Å². The second-order valence-corrected chi connectivity index (χ2v) is 9.21. The third kappa shape index (κ3) is 9.40. The molecule has 0 N–H and O–H groups in total. The SMILES string of the molecule is C[n+]1n[n-]c(-c2ccc(-c3ccc(C#N)cc3)cn2)n1.[Ir+3].[c-]1ccccc1-c1ccccn1.[c-]1ccccc1-c1ccccn1. The standard InChI is InChI=1S/C14H10N6.2C11H8N.Ir/c1-20-18-14(17-19-20)13-7-6-12(9-16-13)11-4-2-10(8-15)3-5-11;2*1-2-6-10(7-3-1)11-8-4-5-9-12-11;/h2-7,9H,1H3;2*1-6,8-9H;/q;2*-1;+3. The Labute approximate surface area is 275 Å². The maximum Gasteiger partial charge on any atom is 3.00 e. The second-order valence-electron chi connectivity index (χ2n) is 9.21. The van der Waals surface area contributed by atoms with Crippen molar-refractivity contribution in [2.24, 2.45) is 7.05 Å². The number of nitriles is 1. The monoisotopic (exact) mass is 763 g/mol. The fourth-order valence-electron chi connectivity index (χ4n) is 3.97. The van der Waals surface area contributed by atoms with Crippen molar-refractivity contribution in [3.8, 4) is 51.2 Å². The summed E-state index contributed by atoms with van der Waals surface area (Å²) in [5.74, 6) is 0.499. The third-order valence-corrected chi connectivity index (χ3v) is 6.15. The zero-order valence-corrected chi connectivity index (χ0v) is 26.6. The maximum absolute atomic E-state index is 8.78. The quantitative estimate of drug-likeness (QED) is 0.161. The molecular weight excluding hydrogens is 737 g/mol. The van der Waals surface area contributed by atoms with E-state index >= 15 is 0 Å². The zero-order valence-electron chi connectivity index (χ0n) is 24.2. The number of hydrogen-bond donors (Lipinski definition) is 0. The van der Waals surface area contributed by atoms with Crippen LogP contribution in [-0.2, 0) is 27.2 Å². The molecule has 4 aromatic heterocycles. The van der Waals surface area contributed by atoms with Crippen molar-refractivity contribution >= 4 is 0 Å². The van der Waals surface area contributed by atoms with Crippen LogP contribution in [0.15, 0.2) is 140 Å². The molecule has 9 heteroatoms. The molecule has 0 aliphatic carbocycles. The third-order valence-electron chi connectivity index (χ3n) is 6.15. The van der Waals surface area contributed by atoms with E-state index in [9.17, 15) is 0 Å². The Kier molecular flexibility index (Phi) is 12.1. The average Bonchev–Trinajstić information content (AvgIpc) is 3.56. The van der Waals surface area contributed by atoms with Crippen molar-refractivity contribution < 1.29 is 24.9 Å². The van der Waals surface area contributed by atoms with Gasteiger partial charge in [0.15, 0.2) is 0 Å². The topological polar surface area (TPSA) is 106 Å². The number of aromatic nitrogens is 7. The van der Waals surface area contributed by atoms with Crippen LogP contribution < -0.4 is 9.90 Å². The molecule has 0 aliphatic heterocycles. The first-order valence-corrected chi connectivity index (χ1v) is 13.7. The van der Waals surface area contributed by atoms with Crippen molar-refractivity contribution in [1.29, 1.82) is 5.26 Å². The summed E-state index contributed by atoms with van der Waals surface area (Å²) in [4.78, 5) is 14.2. The van der Waals surface area contributed by atoms with E-state index in [2.05, 4.69) is 48.6 Å². The van der Waals surface area contributed by atoms with Gasteiger partial charge in [-0.1, -0.05) is 42.5 Å². The second kappa shape index (κ2) is 16.8. The molecule has 0 bridgehead atoms. The zero-order chi connectivity index (χ0) is 30.4. The summed E-state index contributed by atoms with van der Waals surface area (Å²) in [5.41, 5.74) is 7.32. The van der Waals surface area contributed by atoms with E-state index in [-0.39, 0.29) is 20.1 Å². The largest absolute Gasteiger partial charge is 3.00 e. The predicted octanol–water partition coefficient (Wildman–Crippen LogP) is 5.95. The molecule has 8 nitrogen and oxygen atoms in total. The van der Waals surface area contributed by atoms with Crippen LogP contribution in [-0.4, -0.2) is 25.3 Å². The summed E-state index contributed by atoms with van der Waals surface area (Å²) >= 11 is 0. The molecule has 0 fully saturated rings. The van der Waals surface area contributed by atoms with Crippen LogP contribution in [0.25, 0.3) is 45.2 Å². The average molecular weight is 763 g/mol. The van der Waals surface area contributed by atoms with Crippen LogP contribution in [0.2, 0.25) is 0 Å². The number of tetrazole rings is 1. The van der Waals surface area contributed by atoms with Gasteiger partial charge in [-0.3, -0.25) is 4.98 Å². The molecule has 0 amide bonds. The number of nitrogens with zero attached hydrogens (tertiary/aromatic N) is 8. The first-order chi connectivity index (χ1) is 21.7. The Morgan fingerprint density at radius 3 is 1.64 bits per heavy atom. The van der Waals surface area contributed by atoms with E-state index in [1.165, 1.54) is 4.80 Å². The van der Waals surface area contributed by atoms with E-state index < -0.39 is 0 Å². The number of benzene rings is 3. The van der Waals surface area contributed by atoms with Crippen molar-refractivity contribution in [1.82, 2.24) is 30.4 Å². The number of rotatable bonds is 4. The fraction of sp³-hybridized carbons (Fsp3) is 0.0278. The van der Waals surface area contributed by atoms with E-state index in [1.807, 2.05) is 109 Å². The van der Waals surface area contributed by atoms with Crippen molar-refractivity contribution in [3.05, 3.63) is 158 Å². The first-order valence-electron chi connectivity index (χ1n) is 13.7. The first kappa shape index (κ1) is 32.2. The number of hydrogen-bond acceptors (Lipinski definition) is 6. The molecule has 0 atom stereocenters. The van der Waals surface area contributed by atoms with E-state index in [4.69, 9.17) is 5.26 Å². The Balaban J connectivity index is 0.000000160. The molecule has 0 spiro atoms. The van der Waals surface area contributed by atoms with E-state index in [1.54, 1.807) is 37.8 Å². The molecule has 4 heterocycles. The normalized spacial score (nSPS) is 9.69. The van der Waals surface area contributed by atoms with Gasteiger partial charge >= 0.3 is 20.1 Å². The Hall–Kier alpha value is -5.68.